The van der Waals surface area contributed by atoms with Crippen molar-refractivity contribution < 1.29 is 17.6 Å². The Morgan fingerprint density at radius 1 is 1.07 bits per heavy atom. The summed E-state index contributed by atoms with van der Waals surface area (Å²) < 4.78 is 29.6. The van der Waals surface area contributed by atoms with Gasteiger partial charge in [-0.1, -0.05) is 24.2 Å². The van der Waals surface area contributed by atoms with Gasteiger partial charge in [-0.15, -0.1) is 5.10 Å². The molecular weight excluding hydrogens is 390 g/mol. The Bertz CT molecular complexity index is 1170. The van der Waals surface area contributed by atoms with Crippen molar-refractivity contribution >= 4 is 21.8 Å². The van der Waals surface area contributed by atoms with E-state index in [1.807, 2.05) is 6.07 Å². The molecule has 0 spiro atoms. The second-order valence-electron chi connectivity index (χ2n) is 6.99. The maximum atomic E-state index is 12.5. The monoisotopic (exact) mass is 411 g/mol. The fourth-order valence-corrected chi connectivity index (χ4v) is 4.35. The van der Waals surface area contributed by atoms with E-state index in [-0.39, 0.29) is 22.2 Å². The van der Waals surface area contributed by atoms with E-state index in [2.05, 4.69) is 27.6 Å². The summed E-state index contributed by atoms with van der Waals surface area (Å²) in [4.78, 5) is 12.6. The van der Waals surface area contributed by atoms with Crippen molar-refractivity contribution in [1.82, 2.24) is 10.2 Å². The van der Waals surface area contributed by atoms with Gasteiger partial charge in [0.1, 0.15) is 0 Å². The number of fused-ring (bicyclic) bond motifs is 1. The van der Waals surface area contributed by atoms with Crippen LogP contribution in [0.25, 0.3) is 11.5 Å². The normalized spacial score (nSPS) is 13.7. The average molecular weight is 411 g/mol. The molecule has 1 N–H and O–H groups in total. The summed E-state index contributed by atoms with van der Waals surface area (Å²) in [6.07, 6.45) is 4.52. The van der Waals surface area contributed by atoms with Gasteiger partial charge in [-0.2, -0.15) is 0 Å². The van der Waals surface area contributed by atoms with Crippen molar-refractivity contribution in [2.75, 3.05) is 11.1 Å². The molecule has 0 aliphatic heterocycles. The summed E-state index contributed by atoms with van der Waals surface area (Å²) in [6.45, 7) is 1.56. The second-order valence-corrected chi connectivity index (χ2v) is 9.27. The molecule has 1 amide bonds. The highest BCUT2D eigenvalue weighted by atomic mass is 32.2. The van der Waals surface area contributed by atoms with Crippen LogP contribution >= 0.6 is 0 Å². The fraction of sp³-hybridized carbons (Fsp3) is 0.286. The first kappa shape index (κ1) is 19.3. The number of aryl methyl sites for hydroxylation is 2. The molecule has 1 aromatic heterocycles. The predicted molar refractivity (Wildman–Crippen MR) is 108 cm³/mol. The van der Waals surface area contributed by atoms with Crippen molar-refractivity contribution in [3.8, 4) is 11.5 Å². The van der Waals surface area contributed by atoms with Crippen molar-refractivity contribution in [2.45, 2.75) is 37.5 Å². The molecule has 0 saturated carbocycles. The van der Waals surface area contributed by atoms with Gasteiger partial charge >= 0.3 is 6.01 Å². The highest BCUT2D eigenvalue weighted by Crippen LogP contribution is 2.27. The summed E-state index contributed by atoms with van der Waals surface area (Å²) in [7, 11) is -3.40. The molecule has 0 fully saturated rings. The Labute approximate surface area is 169 Å². The molecule has 0 radical (unpaired) electrons. The lowest BCUT2D eigenvalue weighted by atomic mass is 9.90. The SMILES string of the molecule is CCS(=O)(=O)c1cccc(C(=O)Nc2nnc(-c3ccc4c(c3)CCCC4)o2)c1. The largest absolute Gasteiger partial charge is 0.403 e. The second kappa shape index (κ2) is 7.79. The highest BCUT2D eigenvalue weighted by molar-refractivity contribution is 7.91. The average Bonchev–Trinajstić information content (AvgIpc) is 3.22. The number of nitrogens with one attached hydrogen (secondary N) is 1. The molecule has 8 heteroatoms. The third-order valence-electron chi connectivity index (χ3n) is 5.08. The molecule has 0 saturated heterocycles. The number of carbonyl (C=O) groups excluding carboxylic acids is 1. The van der Waals surface area contributed by atoms with Crippen molar-refractivity contribution in [1.29, 1.82) is 0 Å². The van der Waals surface area contributed by atoms with Crippen LogP contribution in [-0.4, -0.2) is 30.3 Å². The smallest absolute Gasteiger partial charge is 0.322 e. The van der Waals surface area contributed by atoms with E-state index in [1.165, 1.54) is 48.2 Å². The molecule has 0 atom stereocenters. The number of aromatic nitrogens is 2. The third-order valence-corrected chi connectivity index (χ3v) is 6.81. The first-order valence-corrected chi connectivity index (χ1v) is 11.2. The Balaban J connectivity index is 1.52. The first-order valence-electron chi connectivity index (χ1n) is 9.56. The van der Waals surface area contributed by atoms with Crippen LogP contribution in [0.15, 0.2) is 51.8 Å². The van der Waals surface area contributed by atoms with Crippen LogP contribution in [-0.2, 0) is 22.7 Å². The van der Waals surface area contributed by atoms with E-state index in [9.17, 15) is 13.2 Å². The summed E-state index contributed by atoms with van der Waals surface area (Å²) in [5.74, 6) is -0.221. The van der Waals surface area contributed by atoms with Crippen molar-refractivity contribution in [3.05, 3.63) is 59.2 Å². The lowest BCUT2D eigenvalue weighted by Gasteiger charge is -2.15. The number of anilines is 1. The highest BCUT2D eigenvalue weighted by Gasteiger charge is 2.17. The van der Waals surface area contributed by atoms with Gasteiger partial charge in [0, 0.05) is 11.1 Å². The molecule has 29 heavy (non-hydrogen) atoms. The number of rotatable bonds is 5. The van der Waals surface area contributed by atoms with Crippen LogP contribution in [0.1, 0.15) is 41.3 Å². The number of hydrogen-bond acceptors (Lipinski definition) is 6. The standard InChI is InChI=1S/C21H21N3O4S/c1-2-29(26,27)18-9-5-8-16(13-18)19(25)22-21-24-23-20(28-21)17-11-10-14-6-3-4-7-15(14)12-17/h5,8-13H,2-4,6-7H2,1H3,(H,22,24,25). The van der Waals surface area contributed by atoms with Gasteiger partial charge < -0.3 is 4.42 Å². The zero-order valence-corrected chi connectivity index (χ0v) is 16.8. The number of sulfone groups is 1. The fourth-order valence-electron chi connectivity index (χ4n) is 3.42. The molecule has 150 valence electrons. The van der Waals surface area contributed by atoms with E-state index in [4.69, 9.17) is 4.42 Å². The van der Waals surface area contributed by atoms with Crippen molar-refractivity contribution in [2.24, 2.45) is 0 Å². The third kappa shape index (κ3) is 4.07. The number of amides is 1. The summed E-state index contributed by atoms with van der Waals surface area (Å²) in [5.41, 5.74) is 3.67. The summed E-state index contributed by atoms with van der Waals surface area (Å²) in [6, 6.07) is 11.9. The van der Waals surface area contributed by atoms with Crippen LogP contribution < -0.4 is 5.32 Å². The molecule has 0 unspecified atom stereocenters. The molecular formula is C21H21N3O4S. The predicted octanol–water partition coefficient (Wildman–Crippen LogP) is 3.66. The molecule has 4 rings (SSSR count). The summed E-state index contributed by atoms with van der Waals surface area (Å²) >= 11 is 0. The lowest BCUT2D eigenvalue weighted by Crippen LogP contribution is -2.13. The van der Waals surface area contributed by atoms with Gasteiger partial charge in [0.05, 0.1) is 10.6 Å². The van der Waals surface area contributed by atoms with E-state index in [0.717, 1.165) is 18.4 Å². The quantitative estimate of drug-likeness (QED) is 0.687. The van der Waals surface area contributed by atoms with Crippen LogP contribution in [0, 0.1) is 0 Å². The Hall–Kier alpha value is -3.00. The number of hydrogen-bond donors (Lipinski definition) is 1. The van der Waals surface area contributed by atoms with Crippen LogP contribution in [0.2, 0.25) is 0 Å². The molecule has 1 aliphatic carbocycles. The number of carbonyl (C=O) groups is 1. The van der Waals surface area contributed by atoms with E-state index < -0.39 is 15.7 Å². The van der Waals surface area contributed by atoms with Gasteiger partial charge in [-0.3, -0.25) is 10.1 Å². The van der Waals surface area contributed by atoms with E-state index in [1.54, 1.807) is 6.92 Å². The molecule has 2 aromatic carbocycles. The molecule has 7 nitrogen and oxygen atoms in total. The van der Waals surface area contributed by atoms with E-state index in [0.29, 0.717) is 5.89 Å². The van der Waals surface area contributed by atoms with Gasteiger partial charge in [0.2, 0.25) is 5.89 Å². The maximum Gasteiger partial charge on any atom is 0.322 e. The maximum absolute atomic E-state index is 12.5. The molecule has 3 aromatic rings. The van der Waals surface area contributed by atoms with E-state index >= 15 is 0 Å². The Morgan fingerprint density at radius 2 is 1.86 bits per heavy atom. The first-order chi connectivity index (χ1) is 14.0. The summed E-state index contributed by atoms with van der Waals surface area (Å²) in [5, 5.41) is 10.4. The van der Waals surface area contributed by atoms with Gasteiger partial charge in [0.15, 0.2) is 9.84 Å². The minimum Gasteiger partial charge on any atom is -0.403 e. The van der Waals surface area contributed by atoms with Crippen LogP contribution in [0.5, 0.6) is 0 Å². The van der Waals surface area contributed by atoms with Gasteiger partial charge in [-0.05, 0) is 67.1 Å². The zero-order chi connectivity index (χ0) is 20.4. The Morgan fingerprint density at radius 3 is 2.66 bits per heavy atom. The van der Waals surface area contributed by atoms with Gasteiger partial charge in [0.25, 0.3) is 5.91 Å². The minimum atomic E-state index is -3.40. The molecule has 1 aliphatic rings. The zero-order valence-electron chi connectivity index (χ0n) is 16.0. The van der Waals surface area contributed by atoms with Crippen molar-refractivity contribution in [3.63, 3.8) is 0 Å². The number of benzene rings is 2. The lowest BCUT2D eigenvalue weighted by molar-refractivity contribution is 0.102. The Kier molecular flexibility index (Phi) is 5.19. The van der Waals surface area contributed by atoms with Gasteiger partial charge in [-0.25, -0.2) is 8.42 Å². The number of nitrogens with zero attached hydrogens (tertiary/aromatic N) is 2. The topological polar surface area (TPSA) is 102 Å². The van der Waals surface area contributed by atoms with Crippen LogP contribution in [0.3, 0.4) is 0 Å². The molecule has 1 heterocycles. The molecule has 0 bridgehead atoms. The minimum absolute atomic E-state index is 0.0357. The van der Waals surface area contributed by atoms with Crippen LogP contribution in [0.4, 0.5) is 6.01 Å².